The van der Waals surface area contributed by atoms with Gasteiger partial charge >= 0.3 is 5.69 Å². The smallest absolute Gasteiger partial charge is 0.345 e. The van der Waals surface area contributed by atoms with Crippen molar-refractivity contribution in [3.8, 4) is 5.75 Å². The Morgan fingerprint density at radius 1 is 1.29 bits per heavy atom. The molecular weight excluding hydrogens is 268 g/mol. The molecule has 0 amide bonds. The number of aryl methyl sites for hydroxylation is 1. The Balaban J connectivity index is 2.14. The Morgan fingerprint density at radius 2 is 1.95 bits per heavy atom. The number of hydrogen-bond donors (Lipinski definition) is 1. The molecule has 0 fully saturated rings. The van der Waals surface area contributed by atoms with E-state index < -0.39 is 0 Å². The predicted molar refractivity (Wildman–Crippen MR) is 81.5 cm³/mol. The van der Waals surface area contributed by atoms with Crippen molar-refractivity contribution in [2.24, 2.45) is 7.05 Å². The first-order valence-corrected chi connectivity index (χ1v) is 7.03. The Labute approximate surface area is 124 Å². The van der Waals surface area contributed by atoms with Gasteiger partial charge in [0.15, 0.2) is 0 Å². The third kappa shape index (κ3) is 3.72. The van der Waals surface area contributed by atoms with Gasteiger partial charge in [-0.15, -0.1) is 0 Å². The SMILES string of the molecule is CNC(Cn1ncn(C)c1=O)c1ccc(OC(C)C)cc1. The zero-order valence-electron chi connectivity index (χ0n) is 12.9. The van der Waals surface area contributed by atoms with Gasteiger partial charge in [0.1, 0.15) is 12.1 Å². The molecule has 1 N–H and O–H groups in total. The Morgan fingerprint density at radius 3 is 2.43 bits per heavy atom. The summed E-state index contributed by atoms with van der Waals surface area (Å²) in [5.41, 5.74) is 0.973. The van der Waals surface area contributed by atoms with Crippen molar-refractivity contribution in [3.63, 3.8) is 0 Å². The zero-order valence-corrected chi connectivity index (χ0v) is 12.9. The zero-order chi connectivity index (χ0) is 15.4. The molecule has 0 radical (unpaired) electrons. The van der Waals surface area contributed by atoms with Crippen molar-refractivity contribution in [1.29, 1.82) is 0 Å². The summed E-state index contributed by atoms with van der Waals surface area (Å²) in [5, 5.41) is 7.30. The molecule has 0 bridgehead atoms. The first kappa shape index (κ1) is 15.3. The molecule has 21 heavy (non-hydrogen) atoms. The fourth-order valence-corrected chi connectivity index (χ4v) is 2.13. The Bertz CT molecular complexity index is 628. The van der Waals surface area contributed by atoms with Crippen molar-refractivity contribution in [2.45, 2.75) is 32.5 Å². The average molecular weight is 290 g/mol. The van der Waals surface area contributed by atoms with Crippen LogP contribution in [0.15, 0.2) is 35.4 Å². The fraction of sp³-hybridized carbons (Fsp3) is 0.467. The van der Waals surface area contributed by atoms with Gasteiger partial charge in [0.2, 0.25) is 0 Å². The standard InChI is InChI=1S/C15H22N4O2/c1-11(2)21-13-7-5-12(6-8-13)14(16-3)9-19-15(20)18(4)10-17-19/h5-8,10-11,14,16H,9H2,1-4H3. The van der Waals surface area contributed by atoms with E-state index in [1.807, 2.05) is 45.2 Å². The van der Waals surface area contributed by atoms with E-state index in [1.165, 1.54) is 15.6 Å². The summed E-state index contributed by atoms with van der Waals surface area (Å²) in [5.74, 6) is 0.846. The monoisotopic (exact) mass is 290 g/mol. The number of hydrogen-bond acceptors (Lipinski definition) is 4. The first-order valence-electron chi connectivity index (χ1n) is 7.03. The van der Waals surface area contributed by atoms with E-state index in [1.54, 1.807) is 7.05 Å². The van der Waals surface area contributed by atoms with E-state index in [0.717, 1.165) is 11.3 Å². The summed E-state index contributed by atoms with van der Waals surface area (Å²) in [6, 6.07) is 7.92. The molecule has 1 heterocycles. The summed E-state index contributed by atoms with van der Waals surface area (Å²) in [7, 11) is 3.56. The van der Waals surface area contributed by atoms with Gasteiger partial charge in [-0.25, -0.2) is 9.48 Å². The van der Waals surface area contributed by atoms with Crippen LogP contribution < -0.4 is 15.7 Å². The number of nitrogens with zero attached hydrogens (tertiary/aromatic N) is 3. The average Bonchev–Trinajstić information content (AvgIpc) is 2.77. The molecule has 0 aliphatic heterocycles. The van der Waals surface area contributed by atoms with Crippen LogP contribution in [0.5, 0.6) is 5.75 Å². The minimum absolute atomic E-state index is 0.0192. The minimum atomic E-state index is -0.116. The molecule has 6 heteroatoms. The van der Waals surface area contributed by atoms with E-state index in [0.29, 0.717) is 6.54 Å². The molecule has 2 aromatic rings. The van der Waals surface area contributed by atoms with Gasteiger partial charge in [0, 0.05) is 7.05 Å². The second-order valence-corrected chi connectivity index (χ2v) is 5.28. The van der Waals surface area contributed by atoms with E-state index in [4.69, 9.17) is 4.74 Å². The molecule has 0 aliphatic carbocycles. The van der Waals surface area contributed by atoms with Crippen LogP contribution in [0.3, 0.4) is 0 Å². The quantitative estimate of drug-likeness (QED) is 0.872. The molecule has 6 nitrogen and oxygen atoms in total. The van der Waals surface area contributed by atoms with Crippen molar-refractivity contribution >= 4 is 0 Å². The van der Waals surface area contributed by atoms with Gasteiger partial charge in [0.25, 0.3) is 0 Å². The van der Waals surface area contributed by atoms with Gasteiger partial charge in [-0.1, -0.05) is 12.1 Å². The van der Waals surface area contributed by atoms with Crippen molar-refractivity contribution in [1.82, 2.24) is 19.7 Å². The van der Waals surface area contributed by atoms with Crippen LogP contribution in [0.25, 0.3) is 0 Å². The Kier molecular flexibility index (Phi) is 4.80. The number of likely N-dealkylation sites (N-methyl/N-ethyl adjacent to an activating group) is 1. The molecule has 1 atom stereocenters. The first-order chi connectivity index (χ1) is 10.0. The van der Waals surface area contributed by atoms with E-state index in [9.17, 15) is 4.79 Å². The summed E-state index contributed by atoms with van der Waals surface area (Å²) < 4.78 is 8.55. The third-order valence-electron chi connectivity index (χ3n) is 3.24. The molecule has 2 rings (SSSR count). The second kappa shape index (κ2) is 6.58. The number of nitrogens with one attached hydrogen (secondary N) is 1. The number of aromatic nitrogens is 3. The number of benzene rings is 1. The maximum atomic E-state index is 11.8. The number of ether oxygens (including phenoxy) is 1. The highest BCUT2D eigenvalue weighted by atomic mass is 16.5. The highest BCUT2D eigenvalue weighted by Gasteiger charge is 2.13. The highest BCUT2D eigenvalue weighted by Crippen LogP contribution is 2.19. The molecule has 0 saturated carbocycles. The maximum absolute atomic E-state index is 11.8. The van der Waals surface area contributed by atoms with Crippen LogP contribution in [-0.4, -0.2) is 27.5 Å². The fourth-order valence-electron chi connectivity index (χ4n) is 2.13. The molecule has 0 spiro atoms. The van der Waals surface area contributed by atoms with Gasteiger partial charge in [-0.05, 0) is 38.6 Å². The molecule has 1 aromatic heterocycles. The summed E-state index contributed by atoms with van der Waals surface area (Å²) in [4.78, 5) is 11.8. The Hall–Kier alpha value is -2.08. The van der Waals surface area contributed by atoms with Crippen molar-refractivity contribution < 1.29 is 4.74 Å². The van der Waals surface area contributed by atoms with E-state index >= 15 is 0 Å². The van der Waals surface area contributed by atoms with Crippen LogP contribution in [0, 0.1) is 0 Å². The molecule has 1 aromatic carbocycles. The summed E-state index contributed by atoms with van der Waals surface area (Å²) in [6.07, 6.45) is 1.68. The summed E-state index contributed by atoms with van der Waals surface area (Å²) >= 11 is 0. The number of rotatable bonds is 6. The lowest BCUT2D eigenvalue weighted by molar-refractivity contribution is 0.242. The van der Waals surface area contributed by atoms with Crippen LogP contribution in [0.2, 0.25) is 0 Å². The van der Waals surface area contributed by atoms with Crippen LogP contribution >= 0.6 is 0 Å². The maximum Gasteiger partial charge on any atom is 0.345 e. The highest BCUT2D eigenvalue weighted by molar-refractivity contribution is 5.29. The lowest BCUT2D eigenvalue weighted by atomic mass is 10.1. The molecule has 1 unspecified atom stereocenters. The predicted octanol–water partition coefficient (Wildman–Crippen LogP) is 1.33. The molecule has 0 saturated heterocycles. The van der Waals surface area contributed by atoms with Crippen LogP contribution in [0.1, 0.15) is 25.5 Å². The largest absolute Gasteiger partial charge is 0.491 e. The van der Waals surface area contributed by atoms with Gasteiger partial charge < -0.3 is 10.1 Å². The topological polar surface area (TPSA) is 61.1 Å². The van der Waals surface area contributed by atoms with E-state index in [2.05, 4.69) is 10.4 Å². The second-order valence-electron chi connectivity index (χ2n) is 5.28. The normalized spacial score (nSPS) is 12.6. The van der Waals surface area contributed by atoms with Crippen LogP contribution in [0.4, 0.5) is 0 Å². The van der Waals surface area contributed by atoms with E-state index in [-0.39, 0.29) is 17.8 Å². The summed E-state index contributed by atoms with van der Waals surface area (Å²) in [6.45, 7) is 4.48. The van der Waals surface area contributed by atoms with Crippen molar-refractivity contribution in [2.75, 3.05) is 7.05 Å². The lowest BCUT2D eigenvalue weighted by Gasteiger charge is -2.17. The van der Waals surface area contributed by atoms with Gasteiger partial charge in [-0.3, -0.25) is 4.57 Å². The molecular formula is C15H22N4O2. The third-order valence-corrected chi connectivity index (χ3v) is 3.24. The molecule has 114 valence electrons. The lowest BCUT2D eigenvalue weighted by Crippen LogP contribution is -2.30. The molecule has 0 aliphatic rings. The van der Waals surface area contributed by atoms with Gasteiger partial charge in [0.05, 0.1) is 18.7 Å². The minimum Gasteiger partial charge on any atom is -0.491 e. The van der Waals surface area contributed by atoms with Crippen LogP contribution in [-0.2, 0) is 13.6 Å². The van der Waals surface area contributed by atoms with Crippen molar-refractivity contribution in [3.05, 3.63) is 46.6 Å². The van der Waals surface area contributed by atoms with Gasteiger partial charge in [-0.2, -0.15) is 5.10 Å².